The van der Waals surface area contributed by atoms with E-state index in [1.54, 1.807) is 31.7 Å². The SMILES string of the molecule is CNc1ncc(-c2cccnc2)nc1C(N)=O. The van der Waals surface area contributed by atoms with Gasteiger partial charge in [0.25, 0.3) is 5.91 Å². The van der Waals surface area contributed by atoms with Gasteiger partial charge >= 0.3 is 0 Å². The molecule has 86 valence electrons. The summed E-state index contributed by atoms with van der Waals surface area (Å²) in [5.74, 6) is -0.252. The van der Waals surface area contributed by atoms with E-state index in [0.717, 1.165) is 5.56 Å². The molecular weight excluding hydrogens is 218 g/mol. The standard InChI is InChI=1S/C11H11N5O/c1-13-11-9(10(12)17)16-8(6-15-11)7-3-2-4-14-5-7/h2-6H,1H3,(H2,12,17)(H,13,15). The molecule has 0 aliphatic rings. The normalized spacial score (nSPS) is 9.94. The maximum atomic E-state index is 11.2. The number of primary amides is 1. The molecule has 0 fully saturated rings. The molecular formula is C11H11N5O. The van der Waals surface area contributed by atoms with E-state index in [-0.39, 0.29) is 5.69 Å². The van der Waals surface area contributed by atoms with Crippen molar-refractivity contribution in [3.8, 4) is 11.3 Å². The van der Waals surface area contributed by atoms with Gasteiger partial charge in [-0.1, -0.05) is 0 Å². The van der Waals surface area contributed by atoms with E-state index in [1.807, 2.05) is 6.07 Å². The molecule has 6 heteroatoms. The molecule has 6 nitrogen and oxygen atoms in total. The zero-order chi connectivity index (χ0) is 12.3. The molecule has 0 bridgehead atoms. The molecule has 3 N–H and O–H groups in total. The number of nitrogens with two attached hydrogens (primary N) is 1. The Morgan fingerprint density at radius 2 is 2.24 bits per heavy atom. The molecule has 2 aromatic rings. The highest BCUT2D eigenvalue weighted by molar-refractivity contribution is 5.95. The molecule has 17 heavy (non-hydrogen) atoms. The third-order valence-electron chi connectivity index (χ3n) is 2.20. The van der Waals surface area contributed by atoms with Crippen LogP contribution in [-0.4, -0.2) is 27.9 Å². The highest BCUT2D eigenvalue weighted by Gasteiger charge is 2.12. The van der Waals surface area contributed by atoms with Gasteiger partial charge in [0.05, 0.1) is 11.9 Å². The molecule has 2 heterocycles. The molecule has 0 saturated heterocycles. The molecule has 0 aliphatic heterocycles. The van der Waals surface area contributed by atoms with Gasteiger partial charge in [-0.15, -0.1) is 0 Å². The first-order valence-electron chi connectivity index (χ1n) is 4.97. The maximum Gasteiger partial charge on any atom is 0.271 e. The van der Waals surface area contributed by atoms with Crippen LogP contribution in [0.4, 0.5) is 5.82 Å². The van der Waals surface area contributed by atoms with Gasteiger partial charge in [-0.2, -0.15) is 0 Å². The van der Waals surface area contributed by atoms with E-state index >= 15 is 0 Å². The summed E-state index contributed by atoms with van der Waals surface area (Å²) in [6.45, 7) is 0. The fourth-order valence-corrected chi connectivity index (χ4v) is 1.40. The van der Waals surface area contributed by atoms with Crippen molar-refractivity contribution in [2.45, 2.75) is 0 Å². The van der Waals surface area contributed by atoms with Gasteiger partial charge in [-0.05, 0) is 12.1 Å². The number of rotatable bonds is 3. The number of pyridine rings is 1. The molecule has 2 aromatic heterocycles. The number of hydrogen-bond donors (Lipinski definition) is 2. The van der Waals surface area contributed by atoms with Crippen LogP contribution >= 0.6 is 0 Å². The second kappa shape index (κ2) is 4.56. The van der Waals surface area contributed by atoms with Gasteiger partial charge in [0, 0.05) is 25.0 Å². The lowest BCUT2D eigenvalue weighted by atomic mass is 10.2. The average molecular weight is 229 g/mol. The smallest absolute Gasteiger partial charge is 0.271 e. The lowest BCUT2D eigenvalue weighted by molar-refractivity contribution is 0.0996. The number of amides is 1. The van der Waals surface area contributed by atoms with Crippen molar-refractivity contribution in [1.29, 1.82) is 0 Å². The van der Waals surface area contributed by atoms with Crippen molar-refractivity contribution in [1.82, 2.24) is 15.0 Å². The molecule has 0 saturated carbocycles. The Labute approximate surface area is 97.9 Å². The third kappa shape index (κ3) is 2.20. The van der Waals surface area contributed by atoms with Gasteiger partial charge < -0.3 is 11.1 Å². The van der Waals surface area contributed by atoms with Gasteiger partial charge in [-0.3, -0.25) is 9.78 Å². The van der Waals surface area contributed by atoms with Crippen LogP contribution in [0.5, 0.6) is 0 Å². The van der Waals surface area contributed by atoms with Crippen LogP contribution in [0.3, 0.4) is 0 Å². The third-order valence-corrected chi connectivity index (χ3v) is 2.20. The van der Waals surface area contributed by atoms with Gasteiger partial charge in [0.15, 0.2) is 11.5 Å². The molecule has 0 aromatic carbocycles. The van der Waals surface area contributed by atoms with E-state index < -0.39 is 5.91 Å². The summed E-state index contributed by atoms with van der Waals surface area (Å²) >= 11 is 0. The Morgan fingerprint density at radius 3 is 2.82 bits per heavy atom. The van der Waals surface area contributed by atoms with E-state index in [1.165, 1.54) is 0 Å². The van der Waals surface area contributed by atoms with Crippen molar-refractivity contribution in [3.05, 3.63) is 36.4 Å². The van der Waals surface area contributed by atoms with E-state index in [4.69, 9.17) is 5.73 Å². The van der Waals surface area contributed by atoms with Crippen molar-refractivity contribution >= 4 is 11.7 Å². The first kappa shape index (κ1) is 11.0. The lowest BCUT2D eigenvalue weighted by Crippen LogP contribution is -2.17. The molecule has 0 atom stereocenters. The van der Waals surface area contributed by atoms with Crippen LogP contribution in [0.2, 0.25) is 0 Å². The van der Waals surface area contributed by atoms with Crippen LogP contribution in [0, 0.1) is 0 Å². The van der Waals surface area contributed by atoms with Gasteiger partial charge in [-0.25, -0.2) is 9.97 Å². The van der Waals surface area contributed by atoms with Crippen molar-refractivity contribution < 1.29 is 4.79 Å². The van der Waals surface area contributed by atoms with Crippen molar-refractivity contribution in [2.75, 3.05) is 12.4 Å². The first-order valence-corrected chi connectivity index (χ1v) is 4.97. The Kier molecular flexibility index (Phi) is 2.95. The van der Waals surface area contributed by atoms with Gasteiger partial charge in [0.2, 0.25) is 0 Å². The second-order valence-corrected chi connectivity index (χ2v) is 3.31. The lowest BCUT2D eigenvalue weighted by Gasteiger charge is -2.06. The Bertz CT molecular complexity index is 541. The highest BCUT2D eigenvalue weighted by atomic mass is 16.1. The summed E-state index contributed by atoms with van der Waals surface area (Å²) in [5.41, 5.74) is 6.70. The molecule has 0 spiro atoms. The summed E-state index contributed by atoms with van der Waals surface area (Å²) < 4.78 is 0. The Balaban J connectivity index is 2.51. The minimum absolute atomic E-state index is 0.119. The number of carbonyl (C=O) groups excluding carboxylic acids is 1. The predicted molar refractivity (Wildman–Crippen MR) is 63.3 cm³/mol. The molecule has 2 rings (SSSR count). The topological polar surface area (TPSA) is 93.8 Å². The fraction of sp³-hybridized carbons (Fsp3) is 0.0909. The molecule has 0 radical (unpaired) electrons. The summed E-state index contributed by atoms with van der Waals surface area (Å²) in [5, 5.41) is 2.77. The predicted octanol–water partition coefficient (Wildman–Crippen LogP) is 0.679. The van der Waals surface area contributed by atoms with Crippen molar-refractivity contribution in [2.24, 2.45) is 5.73 Å². The minimum atomic E-state index is -0.618. The van der Waals surface area contributed by atoms with Crippen LogP contribution < -0.4 is 11.1 Å². The Morgan fingerprint density at radius 1 is 1.41 bits per heavy atom. The summed E-state index contributed by atoms with van der Waals surface area (Å²) in [4.78, 5) is 23.5. The zero-order valence-electron chi connectivity index (χ0n) is 9.21. The zero-order valence-corrected chi connectivity index (χ0v) is 9.21. The average Bonchev–Trinajstić information content (AvgIpc) is 2.39. The maximum absolute atomic E-state index is 11.2. The number of aromatic nitrogens is 3. The highest BCUT2D eigenvalue weighted by Crippen LogP contribution is 2.17. The number of anilines is 1. The number of carbonyl (C=O) groups is 1. The number of hydrogen-bond acceptors (Lipinski definition) is 5. The van der Waals surface area contributed by atoms with Crippen molar-refractivity contribution in [3.63, 3.8) is 0 Å². The van der Waals surface area contributed by atoms with Gasteiger partial charge in [0.1, 0.15) is 0 Å². The monoisotopic (exact) mass is 229 g/mol. The Hall–Kier alpha value is -2.50. The number of nitrogens with zero attached hydrogens (tertiary/aromatic N) is 3. The summed E-state index contributed by atoms with van der Waals surface area (Å²) in [7, 11) is 1.65. The van der Waals surface area contributed by atoms with Crippen LogP contribution in [0.15, 0.2) is 30.7 Å². The fourth-order valence-electron chi connectivity index (χ4n) is 1.40. The van der Waals surface area contributed by atoms with E-state index in [9.17, 15) is 4.79 Å². The molecule has 1 amide bonds. The van der Waals surface area contributed by atoms with E-state index in [0.29, 0.717) is 11.5 Å². The van der Waals surface area contributed by atoms with E-state index in [2.05, 4.69) is 20.3 Å². The molecule has 0 unspecified atom stereocenters. The second-order valence-electron chi connectivity index (χ2n) is 3.31. The first-order chi connectivity index (χ1) is 8.22. The summed E-state index contributed by atoms with van der Waals surface area (Å²) in [6, 6.07) is 3.62. The molecule has 0 aliphatic carbocycles. The largest absolute Gasteiger partial charge is 0.371 e. The summed E-state index contributed by atoms with van der Waals surface area (Å²) in [6.07, 6.45) is 4.87. The van der Waals surface area contributed by atoms with Crippen LogP contribution in [-0.2, 0) is 0 Å². The number of nitrogens with one attached hydrogen (secondary N) is 1. The van der Waals surface area contributed by atoms with Crippen LogP contribution in [0.25, 0.3) is 11.3 Å². The van der Waals surface area contributed by atoms with Crippen LogP contribution in [0.1, 0.15) is 10.5 Å². The quantitative estimate of drug-likeness (QED) is 0.807. The minimum Gasteiger partial charge on any atom is -0.371 e.